The van der Waals surface area contributed by atoms with Gasteiger partial charge in [0.15, 0.2) is 0 Å². The van der Waals surface area contributed by atoms with Crippen molar-refractivity contribution < 1.29 is 27.5 Å². The zero-order chi connectivity index (χ0) is 30.8. The average molecular weight is 585 g/mol. The molecule has 3 amide bonds. The molecule has 42 heavy (non-hydrogen) atoms. The van der Waals surface area contributed by atoms with Gasteiger partial charge in [0.1, 0.15) is 11.3 Å². The van der Waals surface area contributed by atoms with E-state index in [1.165, 1.54) is 12.1 Å². The molecule has 224 valence electrons. The summed E-state index contributed by atoms with van der Waals surface area (Å²) in [5.41, 5.74) is 2.16. The van der Waals surface area contributed by atoms with Crippen molar-refractivity contribution in [2.75, 3.05) is 33.1 Å². The monoisotopic (exact) mass is 584 g/mol. The highest BCUT2D eigenvalue weighted by atomic mass is 19.4. The first-order valence-electron chi connectivity index (χ1n) is 13.4. The first kappa shape index (κ1) is 30.9. The Morgan fingerprint density at radius 1 is 0.857 bits per heavy atom. The topological polar surface area (TPSA) is 90.9 Å². The zero-order valence-corrected chi connectivity index (χ0v) is 24.4. The maximum atomic E-state index is 14.6. The van der Waals surface area contributed by atoms with Crippen LogP contribution in [0.1, 0.15) is 47.9 Å². The Bertz CT molecular complexity index is 1370. The van der Waals surface area contributed by atoms with Crippen LogP contribution in [-0.2, 0) is 17.9 Å². The van der Waals surface area contributed by atoms with Crippen LogP contribution in [0.2, 0.25) is 0 Å². The summed E-state index contributed by atoms with van der Waals surface area (Å²) in [4.78, 5) is 41.8. The third-order valence-corrected chi connectivity index (χ3v) is 7.56. The molecule has 1 aliphatic rings. The van der Waals surface area contributed by atoms with Crippen molar-refractivity contribution in [3.8, 4) is 5.75 Å². The van der Waals surface area contributed by atoms with Crippen LogP contribution >= 0.6 is 0 Å². The van der Waals surface area contributed by atoms with E-state index in [2.05, 4.69) is 20.0 Å². The van der Waals surface area contributed by atoms with E-state index < -0.39 is 41.4 Å². The summed E-state index contributed by atoms with van der Waals surface area (Å²) in [5.74, 6) is -2.03. The van der Waals surface area contributed by atoms with Crippen molar-refractivity contribution in [2.24, 2.45) is 0 Å². The molecule has 2 atom stereocenters. The molecule has 0 bridgehead atoms. The molecule has 0 spiro atoms. The Kier molecular flexibility index (Phi) is 8.88. The summed E-state index contributed by atoms with van der Waals surface area (Å²) in [6, 6.07) is 7.72. The molecular formula is C30H35F3N6O3. The third kappa shape index (κ3) is 6.24. The number of hydrogen-bond acceptors (Lipinski definition) is 7. The highest BCUT2D eigenvalue weighted by Crippen LogP contribution is 2.46. The second-order valence-corrected chi connectivity index (χ2v) is 11.0. The number of aromatic nitrogens is 2. The van der Waals surface area contributed by atoms with Crippen molar-refractivity contribution in [2.45, 2.75) is 50.7 Å². The molecular weight excluding hydrogens is 549 g/mol. The molecule has 1 saturated heterocycles. The lowest BCUT2D eigenvalue weighted by molar-refractivity contribution is -0.274. The summed E-state index contributed by atoms with van der Waals surface area (Å²) in [6.07, 6.45) is 1.96. The van der Waals surface area contributed by atoms with Crippen LogP contribution in [-0.4, -0.2) is 71.8 Å². The van der Waals surface area contributed by atoms with Crippen LogP contribution in [0.25, 0.3) is 0 Å². The van der Waals surface area contributed by atoms with Gasteiger partial charge in [0.2, 0.25) is 0 Å². The highest BCUT2D eigenvalue weighted by molar-refractivity contribution is 6.24. The fourth-order valence-corrected chi connectivity index (χ4v) is 5.71. The average Bonchev–Trinajstić information content (AvgIpc) is 3.18. The van der Waals surface area contributed by atoms with Crippen LogP contribution in [0.3, 0.4) is 0 Å². The number of benzene rings is 1. The van der Waals surface area contributed by atoms with Crippen molar-refractivity contribution in [1.82, 2.24) is 25.1 Å². The van der Waals surface area contributed by atoms with Gasteiger partial charge in [-0.05, 0) is 86.8 Å². The molecule has 1 aliphatic heterocycles. The Balaban J connectivity index is 1.85. The number of halogens is 3. The molecule has 0 saturated carbocycles. The fourth-order valence-electron chi connectivity index (χ4n) is 5.71. The lowest BCUT2D eigenvalue weighted by atomic mass is 9.68. The Labute approximate surface area is 243 Å². The molecule has 3 aromatic rings. The van der Waals surface area contributed by atoms with Gasteiger partial charge in [0, 0.05) is 49.7 Å². The number of pyridine rings is 2. The molecule has 2 unspecified atom stereocenters. The lowest BCUT2D eigenvalue weighted by Crippen LogP contribution is -2.55. The maximum Gasteiger partial charge on any atom is 0.573 e. The van der Waals surface area contributed by atoms with Gasteiger partial charge in [0.25, 0.3) is 5.91 Å². The molecule has 1 N–H and O–H groups in total. The normalized spacial score (nSPS) is 18.9. The fraction of sp³-hybridized carbons (Fsp3) is 0.400. The van der Waals surface area contributed by atoms with Gasteiger partial charge < -0.3 is 19.9 Å². The predicted octanol–water partition coefficient (Wildman–Crippen LogP) is 4.90. The molecule has 2 aromatic heterocycles. The van der Waals surface area contributed by atoms with Crippen LogP contribution in [0, 0.1) is 0 Å². The summed E-state index contributed by atoms with van der Waals surface area (Å²) >= 11 is 0. The number of carbonyl (C=O) groups is 2. The number of imide groups is 1. The minimum atomic E-state index is -4.87. The SMILES string of the molecule is CC(c1ccncc1CN(C)C)C1(C(C)c2ccncc2CN(C)C)NC(=O)N(c2ccc(OC(F)(F)F)cc2)C1=O. The number of rotatable bonds is 10. The van der Waals surface area contributed by atoms with Crippen LogP contribution in [0.15, 0.2) is 61.2 Å². The van der Waals surface area contributed by atoms with Gasteiger partial charge in [-0.2, -0.15) is 0 Å². The van der Waals surface area contributed by atoms with E-state index in [0.29, 0.717) is 13.1 Å². The number of anilines is 1. The molecule has 12 heteroatoms. The summed E-state index contributed by atoms with van der Waals surface area (Å²) in [7, 11) is 7.73. The van der Waals surface area contributed by atoms with E-state index in [1.54, 1.807) is 24.8 Å². The van der Waals surface area contributed by atoms with Crippen molar-refractivity contribution in [3.05, 3.63) is 83.4 Å². The quantitative estimate of drug-likeness (QED) is 0.339. The van der Waals surface area contributed by atoms with Crippen LogP contribution in [0.5, 0.6) is 5.75 Å². The Morgan fingerprint density at radius 2 is 1.33 bits per heavy atom. The number of carbonyl (C=O) groups excluding carboxylic acids is 2. The van der Waals surface area contributed by atoms with E-state index in [4.69, 9.17) is 0 Å². The molecule has 9 nitrogen and oxygen atoms in total. The van der Waals surface area contributed by atoms with Gasteiger partial charge in [0.05, 0.1) is 5.69 Å². The number of hydrogen-bond donors (Lipinski definition) is 1. The molecule has 1 aromatic carbocycles. The number of nitrogens with one attached hydrogen (secondary N) is 1. The second kappa shape index (κ2) is 12.1. The maximum absolute atomic E-state index is 14.6. The predicted molar refractivity (Wildman–Crippen MR) is 152 cm³/mol. The Morgan fingerprint density at radius 3 is 1.76 bits per heavy atom. The van der Waals surface area contributed by atoms with Crippen molar-refractivity contribution in [3.63, 3.8) is 0 Å². The third-order valence-electron chi connectivity index (χ3n) is 7.56. The zero-order valence-electron chi connectivity index (χ0n) is 24.4. The standard InChI is InChI=1S/C30H35F3N6O3/c1-19(25-11-13-34-15-21(25)17-37(3)4)29(20(2)26-12-14-35-16-22(26)18-38(5)6)27(40)39(28(41)36-29)23-7-9-24(10-8-23)42-30(31,32)33/h7-16,19-20H,17-18H2,1-6H3,(H,36,41). The number of alkyl halides is 3. The summed E-state index contributed by atoms with van der Waals surface area (Å²) in [6.45, 7) is 4.93. The summed E-state index contributed by atoms with van der Waals surface area (Å²) in [5, 5.41) is 3.03. The van der Waals surface area contributed by atoms with Crippen LogP contribution < -0.4 is 15.0 Å². The first-order chi connectivity index (χ1) is 19.7. The van der Waals surface area contributed by atoms with Gasteiger partial charge in [-0.1, -0.05) is 13.8 Å². The van der Waals surface area contributed by atoms with Gasteiger partial charge in [-0.3, -0.25) is 14.8 Å². The Hall–Kier alpha value is -4.03. The molecule has 1 fully saturated rings. The van der Waals surface area contributed by atoms with E-state index in [-0.39, 0.29) is 5.69 Å². The lowest BCUT2D eigenvalue weighted by Gasteiger charge is -2.40. The molecule has 0 radical (unpaired) electrons. The number of amides is 3. The van der Waals surface area contributed by atoms with E-state index in [0.717, 1.165) is 39.3 Å². The van der Waals surface area contributed by atoms with Gasteiger partial charge in [-0.25, -0.2) is 9.69 Å². The molecule has 4 rings (SSSR count). The second-order valence-electron chi connectivity index (χ2n) is 11.0. The molecule has 0 aliphatic carbocycles. The van der Waals surface area contributed by atoms with Gasteiger partial charge >= 0.3 is 12.4 Å². The van der Waals surface area contributed by atoms with Gasteiger partial charge in [-0.15, -0.1) is 13.2 Å². The van der Waals surface area contributed by atoms with E-state index in [9.17, 15) is 22.8 Å². The number of ether oxygens (including phenoxy) is 1. The van der Waals surface area contributed by atoms with E-state index in [1.807, 2.05) is 64.0 Å². The highest BCUT2D eigenvalue weighted by Gasteiger charge is 2.59. The largest absolute Gasteiger partial charge is 0.573 e. The molecule has 3 heterocycles. The number of nitrogens with zero attached hydrogens (tertiary/aromatic N) is 5. The van der Waals surface area contributed by atoms with Crippen molar-refractivity contribution >= 4 is 17.6 Å². The van der Waals surface area contributed by atoms with Crippen molar-refractivity contribution in [1.29, 1.82) is 0 Å². The minimum absolute atomic E-state index is 0.125. The van der Waals surface area contributed by atoms with Crippen LogP contribution in [0.4, 0.5) is 23.7 Å². The number of urea groups is 1. The summed E-state index contributed by atoms with van der Waals surface area (Å²) < 4.78 is 42.2. The van der Waals surface area contributed by atoms with E-state index >= 15 is 0 Å². The minimum Gasteiger partial charge on any atom is -0.406 e. The first-order valence-corrected chi connectivity index (χ1v) is 13.4. The smallest absolute Gasteiger partial charge is 0.406 e.